The molecule has 0 amide bonds. The van der Waals surface area contributed by atoms with Gasteiger partial charge in [0.2, 0.25) is 0 Å². The predicted molar refractivity (Wildman–Crippen MR) is 352 cm³/mol. The highest BCUT2D eigenvalue weighted by molar-refractivity contribution is 5.71. The van der Waals surface area contributed by atoms with Gasteiger partial charge in [-0.1, -0.05) is 282 Å². The van der Waals surface area contributed by atoms with Crippen LogP contribution in [0, 0.1) is 0 Å². The van der Waals surface area contributed by atoms with Crippen molar-refractivity contribution in [3.8, 4) is 0 Å². The summed E-state index contributed by atoms with van der Waals surface area (Å²) >= 11 is 0. The number of unbranched alkanes of at least 4 members (excludes halogenated alkanes) is 24. The molecule has 0 N–H and O–H groups in total. The van der Waals surface area contributed by atoms with Crippen molar-refractivity contribution >= 4 is 17.9 Å². The van der Waals surface area contributed by atoms with E-state index in [1.807, 2.05) is 0 Å². The number of esters is 3. The molecule has 458 valence electrons. The zero-order chi connectivity index (χ0) is 58.5. The lowest BCUT2D eigenvalue weighted by molar-refractivity contribution is -0.167. The number of carbonyl (C=O) groups excluding carboxylic acids is 3. The molecule has 0 rings (SSSR count). The van der Waals surface area contributed by atoms with Crippen LogP contribution < -0.4 is 0 Å². The van der Waals surface area contributed by atoms with Gasteiger partial charge in [0, 0.05) is 19.3 Å². The van der Waals surface area contributed by atoms with Crippen LogP contribution in [0.3, 0.4) is 0 Å². The van der Waals surface area contributed by atoms with Gasteiger partial charge >= 0.3 is 17.9 Å². The van der Waals surface area contributed by atoms with Crippen LogP contribution in [0.15, 0.2) is 146 Å². The van der Waals surface area contributed by atoms with E-state index in [0.29, 0.717) is 19.3 Å². The van der Waals surface area contributed by atoms with E-state index in [1.54, 1.807) is 0 Å². The van der Waals surface area contributed by atoms with E-state index in [0.717, 1.165) is 167 Å². The summed E-state index contributed by atoms with van der Waals surface area (Å²) in [6, 6.07) is 0. The number of hydrogen-bond acceptors (Lipinski definition) is 6. The van der Waals surface area contributed by atoms with Crippen LogP contribution in [0.1, 0.15) is 290 Å². The molecule has 6 nitrogen and oxygen atoms in total. The zero-order valence-electron chi connectivity index (χ0n) is 52.5. The van der Waals surface area contributed by atoms with Crippen LogP contribution in [0.2, 0.25) is 0 Å². The molecule has 1 unspecified atom stereocenters. The second-order valence-corrected chi connectivity index (χ2v) is 21.6. The van der Waals surface area contributed by atoms with E-state index in [9.17, 15) is 14.4 Å². The number of rotatable bonds is 59. The lowest BCUT2D eigenvalue weighted by atomic mass is 10.0. The fraction of sp³-hybridized carbons (Fsp3) is 0.640. The molecule has 0 saturated heterocycles. The molecule has 0 heterocycles. The highest BCUT2D eigenvalue weighted by atomic mass is 16.6. The van der Waals surface area contributed by atoms with E-state index in [4.69, 9.17) is 14.2 Å². The van der Waals surface area contributed by atoms with Crippen LogP contribution in [-0.2, 0) is 28.6 Å². The van der Waals surface area contributed by atoms with Crippen molar-refractivity contribution in [3.05, 3.63) is 146 Å². The van der Waals surface area contributed by atoms with Crippen LogP contribution in [0.5, 0.6) is 0 Å². The summed E-state index contributed by atoms with van der Waals surface area (Å²) in [4.78, 5) is 38.4. The second-order valence-electron chi connectivity index (χ2n) is 21.6. The maximum atomic E-state index is 12.9. The molecule has 0 aromatic carbocycles. The summed E-state index contributed by atoms with van der Waals surface area (Å²) < 4.78 is 16.9. The van der Waals surface area contributed by atoms with E-state index in [2.05, 4.69) is 167 Å². The van der Waals surface area contributed by atoms with Gasteiger partial charge in [-0.25, -0.2) is 0 Å². The summed E-state index contributed by atoms with van der Waals surface area (Å²) in [5, 5.41) is 0. The molecule has 0 saturated carbocycles. The summed E-state index contributed by atoms with van der Waals surface area (Å²) in [5.74, 6) is -0.936. The fourth-order valence-electron chi connectivity index (χ4n) is 8.95. The highest BCUT2D eigenvalue weighted by Crippen LogP contribution is 2.16. The average molecular weight is 1120 g/mol. The smallest absolute Gasteiger partial charge is 0.306 e. The van der Waals surface area contributed by atoms with Crippen LogP contribution in [0.25, 0.3) is 0 Å². The Morgan fingerprint density at radius 2 is 0.444 bits per heavy atom. The number of ether oxygens (including phenoxy) is 3. The summed E-state index contributed by atoms with van der Waals surface area (Å²) in [6.45, 7) is 6.28. The van der Waals surface area contributed by atoms with E-state index in [1.165, 1.54) is 83.5 Å². The molecular weight excluding hydrogens is 997 g/mol. The third kappa shape index (κ3) is 66.0. The van der Waals surface area contributed by atoms with Crippen molar-refractivity contribution in [2.75, 3.05) is 13.2 Å². The first-order chi connectivity index (χ1) is 40.0. The van der Waals surface area contributed by atoms with Gasteiger partial charge in [0.05, 0.1) is 0 Å². The van der Waals surface area contributed by atoms with Crippen molar-refractivity contribution in [2.45, 2.75) is 297 Å². The van der Waals surface area contributed by atoms with Crippen molar-refractivity contribution < 1.29 is 28.6 Å². The molecule has 0 aromatic rings. The van der Waals surface area contributed by atoms with E-state index >= 15 is 0 Å². The Labute approximate surface area is 499 Å². The van der Waals surface area contributed by atoms with E-state index < -0.39 is 6.10 Å². The van der Waals surface area contributed by atoms with Gasteiger partial charge in [-0.15, -0.1) is 0 Å². The van der Waals surface area contributed by atoms with Crippen molar-refractivity contribution in [1.82, 2.24) is 0 Å². The predicted octanol–water partition coefficient (Wildman–Crippen LogP) is 23.1. The van der Waals surface area contributed by atoms with Crippen LogP contribution in [-0.4, -0.2) is 37.2 Å². The Morgan fingerprint density at radius 3 is 0.691 bits per heavy atom. The number of hydrogen-bond donors (Lipinski definition) is 0. The Morgan fingerprint density at radius 1 is 0.247 bits per heavy atom. The standard InChI is InChI=1S/C75H122O6/c1-4-7-10-13-16-19-22-25-28-30-31-32-33-34-35-36-37-38-39-40-41-42-43-45-47-50-53-56-59-62-65-68-74(77)80-71-72(70-79-73(76)67-64-61-58-55-52-49-46-27-24-21-18-15-12-9-6-3)81-75(78)69-66-63-60-57-54-51-48-44-29-26-23-20-17-14-11-8-5-2/h7-12,16-21,25-29,31-32,34-35,46,48,51,72H,4-6,13-15,22-24,30,33,36-45,47,49-50,52-71H2,1-3H3/b10-7-,11-8-,12-9-,19-16-,20-17-,21-18-,28-25-,29-26-,32-31-,35-34-,46-27-,51-48-. The molecule has 81 heavy (non-hydrogen) atoms. The lowest BCUT2D eigenvalue weighted by Gasteiger charge is -2.18. The Kier molecular flexibility index (Phi) is 63.9. The molecule has 0 bridgehead atoms. The quantitative estimate of drug-likeness (QED) is 0.0261. The number of carbonyl (C=O) groups is 3. The Balaban J connectivity index is 4.30. The first-order valence-corrected chi connectivity index (χ1v) is 33.3. The summed E-state index contributed by atoms with van der Waals surface area (Å²) in [5.41, 5.74) is 0. The largest absolute Gasteiger partial charge is 0.462 e. The van der Waals surface area contributed by atoms with Gasteiger partial charge in [-0.05, 0) is 135 Å². The van der Waals surface area contributed by atoms with Crippen LogP contribution in [0.4, 0.5) is 0 Å². The average Bonchev–Trinajstić information content (AvgIpc) is 3.47. The van der Waals surface area contributed by atoms with Gasteiger partial charge in [-0.3, -0.25) is 14.4 Å². The first-order valence-electron chi connectivity index (χ1n) is 33.3. The molecule has 0 aliphatic carbocycles. The molecule has 0 aliphatic heterocycles. The molecule has 6 heteroatoms. The zero-order valence-corrected chi connectivity index (χ0v) is 52.5. The normalized spacial score (nSPS) is 13.1. The van der Waals surface area contributed by atoms with Gasteiger partial charge < -0.3 is 14.2 Å². The highest BCUT2D eigenvalue weighted by Gasteiger charge is 2.19. The van der Waals surface area contributed by atoms with Crippen molar-refractivity contribution in [2.24, 2.45) is 0 Å². The molecule has 0 aliphatic rings. The third-order valence-corrected chi connectivity index (χ3v) is 13.8. The van der Waals surface area contributed by atoms with Gasteiger partial charge in [0.25, 0.3) is 0 Å². The molecular formula is C75H122O6. The number of allylic oxidation sites excluding steroid dienone is 24. The minimum absolute atomic E-state index is 0.0970. The third-order valence-electron chi connectivity index (χ3n) is 13.8. The maximum absolute atomic E-state index is 12.9. The van der Waals surface area contributed by atoms with Crippen molar-refractivity contribution in [3.63, 3.8) is 0 Å². The Hall–Kier alpha value is -4.71. The second kappa shape index (κ2) is 67.8. The summed E-state index contributed by atoms with van der Waals surface area (Å²) in [7, 11) is 0. The fourth-order valence-corrected chi connectivity index (χ4v) is 8.95. The summed E-state index contributed by atoms with van der Waals surface area (Å²) in [6.07, 6.45) is 97.2. The maximum Gasteiger partial charge on any atom is 0.306 e. The van der Waals surface area contributed by atoms with Crippen molar-refractivity contribution in [1.29, 1.82) is 0 Å². The van der Waals surface area contributed by atoms with Crippen LogP contribution >= 0.6 is 0 Å². The van der Waals surface area contributed by atoms with Gasteiger partial charge in [0.1, 0.15) is 13.2 Å². The Bertz CT molecular complexity index is 1760. The van der Waals surface area contributed by atoms with Gasteiger partial charge in [-0.2, -0.15) is 0 Å². The molecule has 0 radical (unpaired) electrons. The molecule has 0 aromatic heterocycles. The molecule has 0 spiro atoms. The molecule has 0 fully saturated rings. The molecule has 1 atom stereocenters. The monoisotopic (exact) mass is 1120 g/mol. The SMILES string of the molecule is CC/C=C\C/C=C\C/C=C\C/C=C\C/C=C\CCCCCCCCCCCCCCCCCC(=O)OCC(COC(=O)CCCCCCC/C=C\C/C=C\C/C=C\CC)OC(=O)CCCCCC/C=C\C/C=C\C/C=C\C/C=C\CC. The topological polar surface area (TPSA) is 78.9 Å². The lowest BCUT2D eigenvalue weighted by Crippen LogP contribution is -2.30. The van der Waals surface area contributed by atoms with Gasteiger partial charge in [0.15, 0.2) is 6.10 Å². The van der Waals surface area contributed by atoms with E-state index in [-0.39, 0.29) is 31.1 Å². The minimum Gasteiger partial charge on any atom is -0.462 e. The first kappa shape index (κ1) is 76.3. The minimum atomic E-state index is -0.804.